The maximum absolute atomic E-state index is 12.7. The summed E-state index contributed by atoms with van der Waals surface area (Å²) in [6, 6.07) is 7.27. The molecule has 0 N–H and O–H groups in total. The average Bonchev–Trinajstić information content (AvgIpc) is 3.18. The Bertz CT molecular complexity index is 983. The van der Waals surface area contributed by atoms with Gasteiger partial charge in [-0.3, -0.25) is 0 Å². The number of aryl methyl sites for hydroxylation is 2. The summed E-state index contributed by atoms with van der Waals surface area (Å²) in [5.74, 6) is 0.864. The zero-order valence-corrected chi connectivity index (χ0v) is 14.9. The molecule has 132 valence electrons. The van der Waals surface area contributed by atoms with E-state index < -0.39 is 10.0 Å². The molecule has 3 aromatic rings. The molecular weight excluding hydrogens is 340 g/mol. The number of nitrogens with zero attached hydrogens (tertiary/aromatic N) is 4. The van der Waals surface area contributed by atoms with Crippen LogP contribution >= 0.6 is 0 Å². The summed E-state index contributed by atoms with van der Waals surface area (Å²) in [5.41, 5.74) is 1.82. The van der Waals surface area contributed by atoms with Crippen LogP contribution in [0.2, 0.25) is 0 Å². The van der Waals surface area contributed by atoms with Gasteiger partial charge in [-0.05, 0) is 25.0 Å². The predicted octanol–water partition coefficient (Wildman–Crippen LogP) is 2.32. The van der Waals surface area contributed by atoms with Gasteiger partial charge >= 0.3 is 0 Å². The molecule has 1 aliphatic rings. The standard InChI is InChI=1S/C17H20N4O3S/c1-20(10-13-11-21-9-5-4-8-17(21)18-13)25(22,23)12-15-14-6-2-3-7-16(14)24-19-15/h2-3,6-7,11H,4-5,8-10,12H2,1H3. The van der Waals surface area contributed by atoms with Crippen molar-refractivity contribution in [1.29, 1.82) is 0 Å². The average molecular weight is 360 g/mol. The Labute approximate surface area is 146 Å². The first kappa shape index (κ1) is 16.3. The first-order chi connectivity index (χ1) is 12.0. The number of aromatic nitrogens is 3. The third kappa shape index (κ3) is 3.19. The van der Waals surface area contributed by atoms with Crippen LogP contribution in [0.15, 0.2) is 35.0 Å². The highest BCUT2D eigenvalue weighted by Crippen LogP contribution is 2.22. The molecule has 0 atom stereocenters. The van der Waals surface area contributed by atoms with E-state index in [0.29, 0.717) is 11.3 Å². The van der Waals surface area contributed by atoms with Gasteiger partial charge in [0.05, 0.1) is 12.2 Å². The Kier molecular flexibility index (Phi) is 4.09. The van der Waals surface area contributed by atoms with E-state index in [1.807, 2.05) is 24.4 Å². The molecule has 1 aromatic carbocycles. The van der Waals surface area contributed by atoms with Crippen LogP contribution in [0.4, 0.5) is 0 Å². The normalized spacial score (nSPS) is 15.0. The number of para-hydroxylation sites is 1. The van der Waals surface area contributed by atoms with E-state index in [1.165, 1.54) is 4.31 Å². The Morgan fingerprint density at radius 2 is 2.12 bits per heavy atom. The molecule has 0 bridgehead atoms. The Balaban J connectivity index is 1.52. The van der Waals surface area contributed by atoms with Crippen molar-refractivity contribution in [2.75, 3.05) is 7.05 Å². The van der Waals surface area contributed by atoms with Crippen LogP contribution in [-0.2, 0) is 35.3 Å². The summed E-state index contributed by atoms with van der Waals surface area (Å²) in [6.07, 6.45) is 5.22. The van der Waals surface area contributed by atoms with Crippen molar-refractivity contribution in [3.8, 4) is 0 Å². The third-order valence-corrected chi connectivity index (χ3v) is 6.31. The molecule has 0 unspecified atom stereocenters. The van der Waals surface area contributed by atoms with Crippen molar-refractivity contribution in [1.82, 2.24) is 19.0 Å². The quantitative estimate of drug-likeness (QED) is 0.697. The van der Waals surface area contributed by atoms with Gasteiger partial charge in [0.15, 0.2) is 5.58 Å². The summed E-state index contributed by atoms with van der Waals surface area (Å²) >= 11 is 0. The van der Waals surface area contributed by atoms with Gasteiger partial charge in [-0.1, -0.05) is 17.3 Å². The largest absolute Gasteiger partial charge is 0.356 e. The summed E-state index contributed by atoms with van der Waals surface area (Å²) in [4.78, 5) is 4.57. The lowest BCUT2D eigenvalue weighted by Crippen LogP contribution is -2.28. The number of sulfonamides is 1. The molecule has 4 rings (SSSR count). The lowest BCUT2D eigenvalue weighted by molar-refractivity contribution is 0.441. The predicted molar refractivity (Wildman–Crippen MR) is 93.3 cm³/mol. The lowest BCUT2D eigenvalue weighted by Gasteiger charge is -2.15. The highest BCUT2D eigenvalue weighted by atomic mass is 32.2. The second-order valence-corrected chi connectivity index (χ2v) is 8.51. The monoisotopic (exact) mass is 360 g/mol. The summed E-state index contributed by atoms with van der Waals surface area (Å²) in [7, 11) is -1.93. The van der Waals surface area contributed by atoms with Gasteiger partial charge in [-0.15, -0.1) is 0 Å². The molecule has 3 heterocycles. The summed E-state index contributed by atoms with van der Waals surface area (Å²) < 4.78 is 34.1. The zero-order chi connectivity index (χ0) is 17.4. The van der Waals surface area contributed by atoms with E-state index in [9.17, 15) is 8.42 Å². The number of fused-ring (bicyclic) bond motifs is 2. The fourth-order valence-corrected chi connectivity index (χ4v) is 4.30. The molecule has 0 saturated heterocycles. The highest BCUT2D eigenvalue weighted by molar-refractivity contribution is 7.88. The SMILES string of the molecule is CN(Cc1cn2c(n1)CCCC2)S(=O)(=O)Cc1noc2ccccc12. The van der Waals surface area contributed by atoms with E-state index in [-0.39, 0.29) is 12.3 Å². The highest BCUT2D eigenvalue weighted by Gasteiger charge is 2.24. The fourth-order valence-electron chi connectivity index (χ4n) is 3.20. The molecule has 7 nitrogen and oxygen atoms in total. The van der Waals surface area contributed by atoms with Gasteiger partial charge in [0.1, 0.15) is 17.3 Å². The first-order valence-corrected chi connectivity index (χ1v) is 9.96. The topological polar surface area (TPSA) is 81.2 Å². The maximum atomic E-state index is 12.7. The number of benzene rings is 1. The minimum absolute atomic E-state index is 0.186. The van der Waals surface area contributed by atoms with Crippen molar-refractivity contribution in [3.63, 3.8) is 0 Å². The van der Waals surface area contributed by atoms with Crippen LogP contribution in [0.25, 0.3) is 11.0 Å². The third-order valence-electron chi connectivity index (χ3n) is 4.59. The van der Waals surface area contributed by atoms with Crippen LogP contribution < -0.4 is 0 Å². The Morgan fingerprint density at radius 1 is 1.28 bits per heavy atom. The van der Waals surface area contributed by atoms with Crippen LogP contribution in [0.3, 0.4) is 0 Å². The van der Waals surface area contributed by atoms with Gasteiger partial charge in [-0.2, -0.15) is 4.31 Å². The van der Waals surface area contributed by atoms with Crippen molar-refractivity contribution in [2.24, 2.45) is 0 Å². The van der Waals surface area contributed by atoms with Gasteiger partial charge in [-0.25, -0.2) is 13.4 Å². The minimum Gasteiger partial charge on any atom is -0.356 e. The smallest absolute Gasteiger partial charge is 0.220 e. The molecule has 25 heavy (non-hydrogen) atoms. The number of rotatable bonds is 5. The zero-order valence-electron chi connectivity index (χ0n) is 14.1. The van der Waals surface area contributed by atoms with Gasteiger partial charge < -0.3 is 9.09 Å². The number of hydrogen-bond acceptors (Lipinski definition) is 5. The second kappa shape index (κ2) is 6.27. The van der Waals surface area contributed by atoms with E-state index >= 15 is 0 Å². The summed E-state index contributed by atoms with van der Waals surface area (Å²) in [6.45, 7) is 1.22. The minimum atomic E-state index is -3.51. The lowest BCUT2D eigenvalue weighted by atomic mass is 10.2. The Morgan fingerprint density at radius 3 is 2.96 bits per heavy atom. The van der Waals surface area contributed by atoms with Crippen molar-refractivity contribution in [3.05, 3.63) is 47.7 Å². The van der Waals surface area contributed by atoms with Crippen LogP contribution in [-0.4, -0.2) is 34.5 Å². The van der Waals surface area contributed by atoms with Gasteiger partial charge in [0, 0.05) is 31.6 Å². The number of hydrogen-bond donors (Lipinski definition) is 0. The van der Waals surface area contributed by atoms with Crippen molar-refractivity contribution >= 4 is 21.0 Å². The van der Waals surface area contributed by atoms with Gasteiger partial charge in [0.25, 0.3) is 0 Å². The van der Waals surface area contributed by atoms with Crippen LogP contribution in [0.1, 0.15) is 30.1 Å². The maximum Gasteiger partial charge on any atom is 0.220 e. The van der Waals surface area contributed by atoms with Crippen molar-refractivity contribution in [2.45, 2.75) is 38.1 Å². The first-order valence-electron chi connectivity index (χ1n) is 8.35. The van der Waals surface area contributed by atoms with Gasteiger partial charge in [0.2, 0.25) is 10.0 Å². The van der Waals surface area contributed by atoms with E-state index in [1.54, 1.807) is 13.1 Å². The molecule has 2 aromatic heterocycles. The molecule has 0 radical (unpaired) electrons. The molecule has 0 amide bonds. The van der Waals surface area contributed by atoms with E-state index in [4.69, 9.17) is 4.52 Å². The molecule has 8 heteroatoms. The fraction of sp³-hybridized carbons (Fsp3) is 0.412. The second-order valence-electron chi connectivity index (χ2n) is 6.44. The number of imidazole rings is 1. The Hall–Kier alpha value is -2.19. The van der Waals surface area contributed by atoms with Crippen LogP contribution in [0, 0.1) is 0 Å². The van der Waals surface area contributed by atoms with Crippen molar-refractivity contribution < 1.29 is 12.9 Å². The molecular formula is C17H20N4O3S. The molecule has 0 spiro atoms. The molecule has 0 saturated carbocycles. The summed E-state index contributed by atoms with van der Waals surface area (Å²) in [5, 5.41) is 4.66. The van der Waals surface area contributed by atoms with E-state index in [2.05, 4.69) is 14.7 Å². The molecule has 1 aliphatic heterocycles. The molecule has 0 fully saturated rings. The molecule has 0 aliphatic carbocycles. The van der Waals surface area contributed by atoms with Crippen LogP contribution in [0.5, 0.6) is 0 Å². The van der Waals surface area contributed by atoms with E-state index in [0.717, 1.165) is 42.7 Å².